The number of aryl methyl sites for hydroxylation is 2. The number of hydrogen-bond donors (Lipinski definition) is 1. The molecule has 1 heterocycles. The fourth-order valence-electron chi connectivity index (χ4n) is 1.52. The molecule has 1 N–H and O–H groups in total. The number of nitrogens with zero attached hydrogens (tertiary/aromatic N) is 3. The molecular weight excluding hydrogens is 188 g/mol. The van der Waals surface area contributed by atoms with E-state index in [9.17, 15) is 0 Å². The van der Waals surface area contributed by atoms with E-state index < -0.39 is 0 Å². The minimum absolute atomic E-state index is 0.909. The number of benzene rings is 1. The normalized spacial score (nSPS) is 10.3. The summed E-state index contributed by atoms with van der Waals surface area (Å²) in [6, 6.07) is 6.21. The Morgan fingerprint density at radius 2 is 2.13 bits per heavy atom. The molecule has 0 fully saturated rings. The van der Waals surface area contributed by atoms with Gasteiger partial charge in [0.1, 0.15) is 5.69 Å². The number of hydrogen-bond acceptors (Lipinski definition) is 3. The van der Waals surface area contributed by atoms with Gasteiger partial charge in [0.05, 0.1) is 6.20 Å². The highest BCUT2D eigenvalue weighted by Crippen LogP contribution is 2.24. The summed E-state index contributed by atoms with van der Waals surface area (Å²) in [4.78, 5) is 1.57. The largest absolute Gasteiger partial charge is 0.388 e. The van der Waals surface area contributed by atoms with Crippen LogP contribution in [-0.4, -0.2) is 22.0 Å². The van der Waals surface area contributed by atoms with Gasteiger partial charge in [-0.25, -0.2) is 0 Å². The Labute approximate surface area is 88.9 Å². The van der Waals surface area contributed by atoms with Crippen LogP contribution in [0.1, 0.15) is 5.56 Å². The Kier molecular flexibility index (Phi) is 2.41. The number of anilines is 1. The Balaban J connectivity index is 2.51. The van der Waals surface area contributed by atoms with Gasteiger partial charge in [-0.1, -0.05) is 6.07 Å². The monoisotopic (exact) mass is 202 g/mol. The zero-order valence-electron chi connectivity index (χ0n) is 9.15. The third-order valence-corrected chi connectivity index (χ3v) is 2.40. The van der Waals surface area contributed by atoms with Gasteiger partial charge < -0.3 is 5.32 Å². The summed E-state index contributed by atoms with van der Waals surface area (Å²) in [6.45, 7) is 2.07. The molecule has 0 bridgehead atoms. The highest BCUT2D eigenvalue weighted by Gasteiger charge is 2.06. The van der Waals surface area contributed by atoms with E-state index in [4.69, 9.17) is 0 Å². The molecule has 1 aromatic carbocycles. The lowest BCUT2D eigenvalue weighted by atomic mass is 10.1. The zero-order chi connectivity index (χ0) is 10.8. The van der Waals surface area contributed by atoms with Gasteiger partial charge in [-0.15, -0.1) is 0 Å². The van der Waals surface area contributed by atoms with E-state index in [0.717, 1.165) is 16.9 Å². The molecule has 15 heavy (non-hydrogen) atoms. The SMILES string of the molecule is CNc1ccc(C)c(-c2cnn(C)n2)c1. The van der Waals surface area contributed by atoms with Crippen molar-refractivity contribution >= 4 is 5.69 Å². The lowest BCUT2D eigenvalue weighted by Gasteiger charge is -2.05. The van der Waals surface area contributed by atoms with E-state index in [1.807, 2.05) is 14.1 Å². The van der Waals surface area contributed by atoms with Crippen LogP contribution in [-0.2, 0) is 7.05 Å². The van der Waals surface area contributed by atoms with Crippen molar-refractivity contribution in [2.24, 2.45) is 7.05 Å². The number of nitrogens with one attached hydrogen (secondary N) is 1. The maximum atomic E-state index is 4.29. The summed E-state index contributed by atoms with van der Waals surface area (Å²) in [7, 11) is 3.73. The van der Waals surface area contributed by atoms with Crippen molar-refractivity contribution in [1.29, 1.82) is 0 Å². The van der Waals surface area contributed by atoms with Crippen LogP contribution in [0.2, 0.25) is 0 Å². The smallest absolute Gasteiger partial charge is 0.113 e. The second kappa shape index (κ2) is 3.73. The fourth-order valence-corrected chi connectivity index (χ4v) is 1.52. The molecule has 0 aliphatic carbocycles. The van der Waals surface area contributed by atoms with Gasteiger partial charge in [-0.3, -0.25) is 0 Å². The maximum Gasteiger partial charge on any atom is 0.113 e. The molecule has 0 aliphatic rings. The minimum Gasteiger partial charge on any atom is -0.388 e. The zero-order valence-corrected chi connectivity index (χ0v) is 9.15. The molecule has 78 valence electrons. The summed E-state index contributed by atoms with van der Waals surface area (Å²) < 4.78 is 0. The maximum absolute atomic E-state index is 4.29. The van der Waals surface area contributed by atoms with Crippen LogP contribution in [0, 0.1) is 6.92 Å². The van der Waals surface area contributed by atoms with Crippen LogP contribution in [0.5, 0.6) is 0 Å². The number of aromatic nitrogens is 3. The van der Waals surface area contributed by atoms with E-state index in [0.29, 0.717) is 0 Å². The summed E-state index contributed by atoms with van der Waals surface area (Å²) in [6.07, 6.45) is 1.78. The first-order valence-corrected chi connectivity index (χ1v) is 4.86. The first kappa shape index (κ1) is 9.71. The Bertz CT molecular complexity index is 473. The van der Waals surface area contributed by atoms with E-state index in [2.05, 4.69) is 40.6 Å². The highest BCUT2D eigenvalue weighted by atomic mass is 15.4. The molecule has 2 aromatic rings. The van der Waals surface area contributed by atoms with Crippen LogP contribution < -0.4 is 5.32 Å². The Morgan fingerprint density at radius 1 is 1.33 bits per heavy atom. The van der Waals surface area contributed by atoms with Gasteiger partial charge in [0.15, 0.2) is 0 Å². The van der Waals surface area contributed by atoms with Gasteiger partial charge in [0.25, 0.3) is 0 Å². The van der Waals surface area contributed by atoms with E-state index in [-0.39, 0.29) is 0 Å². The van der Waals surface area contributed by atoms with Crippen molar-refractivity contribution in [1.82, 2.24) is 15.0 Å². The molecule has 0 saturated carbocycles. The summed E-state index contributed by atoms with van der Waals surface area (Å²) >= 11 is 0. The molecular formula is C11H14N4. The molecule has 0 radical (unpaired) electrons. The fraction of sp³-hybridized carbons (Fsp3) is 0.273. The van der Waals surface area contributed by atoms with Gasteiger partial charge in [0.2, 0.25) is 0 Å². The second-order valence-electron chi connectivity index (χ2n) is 3.50. The highest BCUT2D eigenvalue weighted by molar-refractivity contribution is 5.67. The molecule has 0 spiro atoms. The quantitative estimate of drug-likeness (QED) is 0.808. The van der Waals surface area contributed by atoms with Crippen LogP contribution in [0.3, 0.4) is 0 Å². The van der Waals surface area contributed by atoms with Crippen molar-refractivity contribution in [3.63, 3.8) is 0 Å². The van der Waals surface area contributed by atoms with E-state index in [1.54, 1.807) is 11.0 Å². The third kappa shape index (κ3) is 1.83. The van der Waals surface area contributed by atoms with Crippen LogP contribution in [0.4, 0.5) is 5.69 Å². The van der Waals surface area contributed by atoms with Crippen molar-refractivity contribution < 1.29 is 0 Å². The van der Waals surface area contributed by atoms with Crippen LogP contribution in [0.15, 0.2) is 24.4 Å². The summed E-state index contributed by atoms with van der Waals surface area (Å²) in [5.41, 5.74) is 4.32. The molecule has 0 aliphatic heterocycles. The summed E-state index contributed by atoms with van der Waals surface area (Å²) in [5.74, 6) is 0. The first-order chi connectivity index (χ1) is 7.20. The predicted molar refractivity (Wildman–Crippen MR) is 60.7 cm³/mol. The topological polar surface area (TPSA) is 42.7 Å². The first-order valence-electron chi connectivity index (χ1n) is 4.86. The second-order valence-corrected chi connectivity index (χ2v) is 3.50. The Hall–Kier alpha value is -1.84. The van der Waals surface area contributed by atoms with Crippen molar-refractivity contribution in [2.45, 2.75) is 6.92 Å². The molecule has 0 saturated heterocycles. The molecule has 0 amide bonds. The third-order valence-electron chi connectivity index (χ3n) is 2.40. The van der Waals surface area contributed by atoms with Gasteiger partial charge in [-0.05, 0) is 24.6 Å². The molecule has 0 atom stereocenters. The molecule has 4 nitrogen and oxygen atoms in total. The number of rotatable bonds is 2. The van der Waals surface area contributed by atoms with Gasteiger partial charge in [-0.2, -0.15) is 15.0 Å². The Morgan fingerprint density at radius 3 is 2.73 bits per heavy atom. The standard InChI is InChI=1S/C11H14N4/c1-8-4-5-9(12-2)6-10(8)11-7-13-15(3)14-11/h4-7,12H,1-3H3. The van der Waals surface area contributed by atoms with Crippen LogP contribution >= 0.6 is 0 Å². The summed E-state index contributed by atoms with van der Waals surface area (Å²) in [5, 5.41) is 11.5. The molecule has 4 heteroatoms. The van der Waals surface area contributed by atoms with E-state index >= 15 is 0 Å². The van der Waals surface area contributed by atoms with Gasteiger partial charge in [0, 0.05) is 25.3 Å². The predicted octanol–water partition coefficient (Wildman–Crippen LogP) is 1.83. The van der Waals surface area contributed by atoms with Crippen LogP contribution in [0.25, 0.3) is 11.3 Å². The lowest BCUT2D eigenvalue weighted by Crippen LogP contribution is -1.93. The van der Waals surface area contributed by atoms with E-state index in [1.165, 1.54) is 5.56 Å². The lowest BCUT2D eigenvalue weighted by molar-refractivity contribution is 0.655. The van der Waals surface area contributed by atoms with Crippen molar-refractivity contribution in [3.8, 4) is 11.3 Å². The average Bonchev–Trinajstić information content (AvgIpc) is 2.65. The molecule has 1 aromatic heterocycles. The minimum atomic E-state index is 0.909. The molecule has 2 rings (SSSR count). The van der Waals surface area contributed by atoms with Gasteiger partial charge >= 0.3 is 0 Å². The van der Waals surface area contributed by atoms with Crippen molar-refractivity contribution in [3.05, 3.63) is 30.0 Å². The molecule has 0 unspecified atom stereocenters. The average molecular weight is 202 g/mol. The van der Waals surface area contributed by atoms with Crippen molar-refractivity contribution in [2.75, 3.05) is 12.4 Å².